The van der Waals surface area contributed by atoms with Gasteiger partial charge in [0.05, 0.1) is 13.7 Å². The number of hydrogen-bond donors (Lipinski definition) is 2. The molecule has 4 nitrogen and oxygen atoms in total. The number of ether oxygens (including phenoxy) is 1. The molecule has 0 spiro atoms. The number of thiophene rings is 1. The summed E-state index contributed by atoms with van der Waals surface area (Å²) in [6.45, 7) is 4.43. The van der Waals surface area contributed by atoms with E-state index in [1.807, 2.05) is 18.2 Å². The van der Waals surface area contributed by atoms with Crippen molar-refractivity contribution in [3.8, 4) is 5.75 Å². The fourth-order valence-corrected chi connectivity index (χ4v) is 2.75. The van der Waals surface area contributed by atoms with Gasteiger partial charge in [0.1, 0.15) is 5.75 Å². The third-order valence-corrected chi connectivity index (χ3v) is 4.08. The topological polar surface area (TPSA) is 45.7 Å². The first kappa shape index (κ1) is 19.8. The number of methoxy groups -OCH3 is 1. The number of hydrogen-bond acceptors (Lipinski definition) is 3. The average Bonchev–Trinajstić information content (AvgIpc) is 3.06. The first-order chi connectivity index (χ1) is 10.8. The van der Waals surface area contributed by atoms with Crippen molar-refractivity contribution in [2.75, 3.05) is 20.2 Å². The highest BCUT2D eigenvalue weighted by Gasteiger charge is 2.00. The zero-order valence-corrected chi connectivity index (χ0v) is 16.7. The van der Waals surface area contributed by atoms with Crippen LogP contribution in [0.5, 0.6) is 5.75 Å². The van der Waals surface area contributed by atoms with Crippen LogP contribution in [0, 0.1) is 0 Å². The molecule has 126 valence electrons. The van der Waals surface area contributed by atoms with Crippen LogP contribution in [-0.4, -0.2) is 26.2 Å². The molecule has 6 heteroatoms. The van der Waals surface area contributed by atoms with Gasteiger partial charge in [-0.3, -0.25) is 0 Å². The van der Waals surface area contributed by atoms with Gasteiger partial charge in [-0.05, 0) is 42.5 Å². The van der Waals surface area contributed by atoms with E-state index < -0.39 is 0 Å². The molecule has 1 aromatic carbocycles. The second kappa shape index (κ2) is 11.3. The Bertz CT molecular complexity index is 587. The molecule has 0 fully saturated rings. The molecule has 0 aliphatic carbocycles. The second-order valence-corrected chi connectivity index (χ2v) is 5.84. The van der Waals surface area contributed by atoms with E-state index in [4.69, 9.17) is 4.74 Å². The third kappa shape index (κ3) is 7.22. The monoisotopic (exact) mass is 445 g/mol. The minimum absolute atomic E-state index is 0. The van der Waals surface area contributed by atoms with E-state index in [-0.39, 0.29) is 24.0 Å². The smallest absolute Gasteiger partial charge is 0.191 e. The molecule has 2 rings (SSSR count). The zero-order valence-electron chi connectivity index (χ0n) is 13.5. The summed E-state index contributed by atoms with van der Waals surface area (Å²) in [5, 5.41) is 8.75. The van der Waals surface area contributed by atoms with Crippen molar-refractivity contribution in [2.24, 2.45) is 4.99 Å². The summed E-state index contributed by atoms with van der Waals surface area (Å²) in [6, 6.07) is 12.2. The Morgan fingerprint density at radius 1 is 1.22 bits per heavy atom. The zero-order chi connectivity index (χ0) is 15.6. The van der Waals surface area contributed by atoms with Gasteiger partial charge in [-0.15, -0.1) is 35.3 Å². The molecule has 1 heterocycles. The summed E-state index contributed by atoms with van der Waals surface area (Å²) >= 11 is 1.79. The molecule has 0 aliphatic rings. The van der Waals surface area contributed by atoms with Gasteiger partial charge in [0.2, 0.25) is 0 Å². The van der Waals surface area contributed by atoms with E-state index in [2.05, 4.69) is 46.1 Å². The lowest BCUT2D eigenvalue weighted by molar-refractivity contribution is 0.414. The molecular weight excluding hydrogens is 421 g/mol. The Morgan fingerprint density at radius 3 is 2.78 bits per heavy atom. The third-order valence-electron chi connectivity index (χ3n) is 3.14. The Hall–Kier alpha value is -1.28. The van der Waals surface area contributed by atoms with E-state index in [1.165, 1.54) is 4.88 Å². The molecular formula is C17H24IN3OS. The standard InChI is InChI=1S/C17H23N3OS.HI/c1-3-18-17(19-10-9-16-8-5-11-22-16)20-13-14-6-4-7-15(12-14)21-2;/h4-8,11-12H,3,9-10,13H2,1-2H3,(H2,18,19,20);1H. The lowest BCUT2D eigenvalue weighted by Gasteiger charge is -2.11. The van der Waals surface area contributed by atoms with Crippen molar-refractivity contribution >= 4 is 41.3 Å². The molecule has 1 aromatic heterocycles. The summed E-state index contributed by atoms with van der Waals surface area (Å²) in [4.78, 5) is 6.01. The van der Waals surface area contributed by atoms with Crippen molar-refractivity contribution in [2.45, 2.75) is 19.9 Å². The van der Waals surface area contributed by atoms with Gasteiger partial charge < -0.3 is 15.4 Å². The summed E-state index contributed by atoms with van der Waals surface area (Å²) < 4.78 is 5.24. The summed E-state index contributed by atoms with van der Waals surface area (Å²) in [7, 11) is 1.68. The van der Waals surface area contributed by atoms with Crippen LogP contribution in [0.4, 0.5) is 0 Å². The van der Waals surface area contributed by atoms with Crippen molar-refractivity contribution in [1.82, 2.24) is 10.6 Å². The summed E-state index contributed by atoms with van der Waals surface area (Å²) in [5.41, 5.74) is 1.13. The van der Waals surface area contributed by atoms with E-state index in [0.29, 0.717) is 6.54 Å². The Morgan fingerprint density at radius 2 is 2.09 bits per heavy atom. The highest BCUT2D eigenvalue weighted by Crippen LogP contribution is 2.13. The maximum Gasteiger partial charge on any atom is 0.191 e. The van der Waals surface area contributed by atoms with Crippen molar-refractivity contribution in [3.63, 3.8) is 0 Å². The first-order valence-corrected chi connectivity index (χ1v) is 8.37. The highest BCUT2D eigenvalue weighted by atomic mass is 127. The van der Waals surface area contributed by atoms with Gasteiger partial charge in [0.25, 0.3) is 0 Å². The Balaban J connectivity index is 0.00000264. The molecule has 0 saturated heterocycles. The van der Waals surface area contributed by atoms with Crippen molar-refractivity contribution < 1.29 is 4.74 Å². The van der Waals surface area contributed by atoms with E-state index in [9.17, 15) is 0 Å². The van der Waals surface area contributed by atoms with Crippen LogP contribution >= 0.6 is 35.3 Å². The molecule has 0 radical (unpaired) electrons. The molecule has 2 aromatic rings. The van der Waals surface area contributed by atoms with Gasteiger partial charge >= 0.3 is 0 Å². The van der Waals surface area contributed by atoms with Gasteiger partial charge in [0, 0.05) is 18.0 Å². The molecule has 0 saturated carbocycles. The number of rotatable bonds is 7. The molecule has 0 bridgehead atoms. The number of halogens is 1. The molecule has 0 amide bonds. The maximum absolute atomic E-state index is 5.24. The van der Waals surface area contributed by atoms with E-state index in [0.717, 1.165) is 36.8 Å². The number of aliphatic imine (C=N–C) groups is 1. The molecule has 0 aliphatic heterocycles. The van der Waals surface area contributed by atoms with Crippen LogP contribution in [0.2, 0.25) is 0 Å². The fourth-order valence-electron chi connectivity index (χ4n) is 2.04. The molecule has 0 unspecified atom stereocenters. The number of guanidine groups is 1. The van der Waals surface area contributed by atoms with Crippen LogP contribution < -0.4 is 15.4 Å². The number of nitrogens with one attached hydrogen (secondary N) is 2. The predicted octanol–water partition coefficient (Wildman–Crippen LogP) is 3.67. The minimum atomic E-state index is 0. The average molecular weight is 445 g/mol. The van der Waals surface area contributed by atoms with Crippen LogP contribution in [0.1, 0.15) is 17.4 Å². The normalized spacial score (nSPS) is 10.8. The first-order valence-electron chi connectivity index (χ1n) is 7.49. The lowest BCUT2D eigenvalue weighted by atomic mass is 10.2. The molecule has 0 atom stereocenters. The highest BCUT2D eigenvalue weighted by molar-refractivity contribution is 14.0. The quantitative estimate of drug-likeness (QED) is 0.389. The Kier molecular flexibility index (Phi) is 9.70. The number of nitrogens with zero attached hydrogens (tertiary/aromatic N) is 1. The Labute approximate surface area is 159 Å². The second-order valence-electron chi connectivity index (χ2n) is 4.80. The minimum Gasteiger partial charge on any atom is -0.497 e. The predicted molar refractivity (Wildman–Crippen MR) is 109 cm³/mol. The van der Waals surface area contributed by atoms with Crippen LogP contribution in [0.15, 0.2) is 46.8 Å². The van der Waals surface area contributed by atoms with Crippen molar-refractivity contribution in [3.05, 3.63) is 52.2 Å². The van der Waals surface area contributed by atoms with Crippen LogP contribution in [-0.2, 0) is 13.0 Å². The fraction of sp³-hybridized carbons (Fsp3) is 0.353. The molecule has 2 N–H and O–H groups in total. The van der Waals surface area contributed by atoms with Gasteiger partial charge in [-0.2, -0.15) is 0 Å². The van der Waals surface area contributed by atoms with Crippen LogP contribution in [0.25, 0.3) is 0 Å². The van der Waals surface area contributed by atoms with Crippen LogP contribution in [0.3, 0.4) is 0 Å². The van der Waals surface area contributed by atoms with E-state index in [1.54, 1.807) is 18.4 Å². The largest absolute Gasteiger partial charge is 0.497 e. The summed E-state index contributed by atoms with van der Waals surface area (Å²) in [6.07, 6.45) is 1.02. The van der Waals surface area contributed by atoms with E-state index >= 15 is 0 Å². The molecule has 23 heavy (non-hydrogen) atoms. The van der Waals surface area contributed by atoms with Crippen molar-refractivity contribution in [1.29, 1.82) is 0 Å². The van der Waals surface area contributed by atoms with Gasteiger partial charge in [-0.1, -0.05) is 18.2 Å². The SMILES string of the molecule is CCNC(=NCc1cccc(OC)c1)NCCc1cccs1.I. The maximum atomic E-state index is 5.24. The summed E-state index contributed by atoms with van der Waals surface area (Å²) in [5.74, 6) is 1.71. The van der Waals surface area contributed by atoms with Gasteiger partial charge in [0.15, 0.2) is 5.96 Å². The number of benzene rings is 1. The van der Waals surface area contributed by atoms with Gasteiger partial charge in [-0.25, -0.2) is 4.99 Å². The lowest BCUT2D eigenvalue weighted by Crippen LogP contribution is -2.38.